The first kappa shape index (κ1) is 49.1. The molecule has 0 saturated carbocycles. The van der Waals surface area contributed by atoms with Crippen molar-refractivity contribution in [3.8, 4) is 0 Å². The van der Waals surface area contributed by atoms with E-state index in [9.17, 15) is 19.8 Å². The van der Waals surface area contributed by atoms with Crippen molar-refractivity contribution in [2.24, 2.45) is 0 Å². The number of allylic oxidation sites excluding steroid dienone is 6. The van der Waals surface area contributed by atoms with Crippen LogP contribution in [-0.4, -0.2) is 47.4 Å². The largest absolute Gasteiger partial charge is 0.466 e. The minimum Gasteiger partial charge on any atom is -0.466 e. The van der Waals surface area contributed by atoms with Gasteiger partial charge in [-0.15, -0.1) is 0 Å². The number of hydrogen-bond acceptors (Lipinski definition) is 5. The van der Waals surface area contributed by atoms with Crippen LogP contribution in [0.15, 0.2) is 36.5 Å². The van der Waals surface area contributed by atoms with E-state index < -0.39 is 12.1 Å². The Morgan fingerprint density at radius 1 is 0.549 bits per heavy atom. The Balaban J connectivity index is 3.58. The molecule has 0 fully saturated rings. The van der Waals surface area contributed by atoms with Gasteiger partial charge in [0.1, 0.15) is 0 Å². The van der Waals surface area contributed by atoms with Crippen molar-refractivity contribution in [1.29, 1.82) is 0 Å². The van der Waals surface area contributed by atoms with Crippen LogP contribution in [0.1, 0.15) is 213 Å². The Morgan fingerprint density at radius 2 is 1.02 bits per heavy atom. The lowest BCUT2D eigenvalue weighted by atomic mass is 10.0. The van der Waals surface area contributed by atoms with Gasteiger partial charge in [0.15, 0.2) is 0 Å². The highest BCUT2D eigenvalue weighted by molar-refractivity contribution is 5.76. The number of esters is 1. The average molecular weight is 718 g/mol. The lowest BCUT2D eigenvalue weighted by Crippen LogP contribution is -2.45. The number of unbranched alkanes of at least 4 members (excludes halogenated alkanes) is 22. The number of rotatable bonds is 39. The van der Waals surface area contributed by atoms with Crippen molar-refractivity contribution in [3.05, 3.63) is 36.5 Å². The van der Waals surface area contributed by atoms with Gasteiger partial charge in [0.05, 0.1) is 25.4 Å². The summed E-state index contributed by atoms with van der Waals surface area (Å²) in [6.07, 6.45) is 46.8. The van der Waals surface area contributed by atoms with Crippen molar-refractivity contribution in [2.45, 2.75) is 225 Å². The highest BCUT2D eigenvalue weighted by atomic mass is 16.5. The zero-order valence-electron chi connectivity index (χ0n) is 33.6. The molecule has 0 spiro atoms. The standard InChI is InChI=1S/C45H83NO5/c1-3-5-7-9-11-13-18-23-27-31-35-39-45(50)51-40-36-32-28-24-20-17-15-16-19-22-26-30-34-38-44(49)46-42(41-47)43(48)37-33-29-25-21-14-12-10-8-6-4-2/h9,11,16,19,26,30,42-43,47-48H,3-8,10,12-15,17-18,20-25,27-29,31-41H2,1-2H3,(H,46,49)/b11-9-,19-16-,30-26-. The minimum atomic E-state index is -0.697. The predicted octanol–water partition coefficient (Wildman–Crippen LogP) is 12.2. The van der Waals surface area contributed by atoms with Crippen molar-refractivity contribution in [3.63, 3.8) is 0 Å². The van der Waals surface area contributed by atoms with Gasteiger partial charge in [-0.25, -0.2) is 0 Å². The third kappa shape index (κ3) is 37.6. The van der Waals surface area contributed by atoms with Gasteiger partial charge in [-0.3, -0.25) is 9.59 Å². The number of hydrogen-bond donors (Lipinski definition) is 3. The van der Waals surface area contributed by atoms with E-state index in [0.717, 1.165) is 51.4 Å². The smallest absolute Gasteiger partial charge is 0.305 e. The third-order valence-corrected chi connectivity index (χ3v) is 9.68. The molecule has 0 aromatic carbocycles. The van der Waals surface area contributed by atoms with E-state index in [-0.39, 0.29) is 18.5 Å². The Kier molecular flexibility index (Phi) is 39.3. The molecular formula is C45H83NO5. The van der Waals surface area contributed by atoms with Crippen LogP contribution in [0.2, 0.25) is 0 Å². The third-order valence-electron chi connectivity index (χ3n) is 9.68. The van der Waals surface area contributed by atoms with E-state index in [2.05, 4.69) is 49.5 Å². The van der Waals surface area contributed by atoms with Crippen LogP contribution in [0.4, 0.5) is 0 Å². The number of nitrogens with one attached hydrogen (secondary N) is 1. The predicted molar refractivity (Wildman–Crippen MR) is 218 cm³/mol. The number of aliphatic hydroxyl groups excluding tert-OH is 2. The molecule has 0 bridgehead atoms. The van der Waals surface area contributed by atoms with Gasteiger partial charge in [0.25, 0.3) is 0 Å². The van der Waals surface area contributed by atoms with Crippen molar-refractivity contribution in [2.75, 3.05) is 13.2 Å². The average Bonchev–Trinajstić information content (AvgIpc) is 3.13. The topological polar surface area (TPSA) is 95.9 Å². The molecule has 0 heterocycles. The molecule has 6 nitrogen and oxygen atoms in total. The molecule has 0 aliphatic heterocycles. The summed E-state index contributed by atoms with van der Waals surface area (Å²) in [6, 6.07) is -0.583. The molecular weight excluding hydrogens is 634 g/mol. The summed E-state index contributed by atoms with van der Waals surface area (Å²) >= 11 is 0. The maximum Gasteiger partial charge on any atom is 0.305 e. The van der Waals surface area contributed by atoms with Crippen LogP contribution in [0.5, 0.6) is 0 Å². The van der Waals surface area contributed by atoms with Gasteiger partial charge in [0, 0.05) is 12.8 Å². The summed E-state index contributed by atoms with van der Waals surface area (Å²) in [5.74, 6) is -0.149. The monoisotopic (exact) mass is 718 g/mol. The van der Waals surface area contributed by atoms with Crippen molar-refractivity contribution < 1.29 is 24.5 Å². The first-order chi connectivity index (χ1) is 25.0. The Hall–Kier alpha value is -1.92. The second kappa shape index (κ2) is 40.8. The fraction of sp³-hybridized carbons (Fsp3) is 0.822. The van der Waals surface area contributed by atoms with Gasteiger partial charge in [-0.1, -0.05) is 172 Å². The van der Waals surface area contributed by atoms with Crippen LogP contribution in [0.25, 0.3) is 0 Å². The first-order valence-corrected chi connectivity index (χ1v) is 21.7. The summed E-state index contributed by atoms with van der Waals surface area (Å²) in [6.45, 7) is 4.81. The highest BCUT2D eigenvalue weighted by Crippen LogP contribution is 2.14. The zero-order valence-corrected chi connectivity index (χ0v) is 33.6. The van der Waals surface area contributed by atoms with Crippen LogP contribution >= 0.6 is 0 Å². The number of amides is 1. The second-order valence-corrected chi connectivity index (χ2v) is 14.7. The molecule has 0 aromatic heterocycles. The molecule has 1 amide bonds. The van der Waals surface area contributed by atoms with Gasteiger partial charge in [-0.2, -0.15) is 0 Å². The maximum absolute atomic E-state index is 12.3. The summed E-state index contributed by atoms with van der Waals surface area (Å²) in [5.41, 5.74) is 0. The van der Waals surface area contributed by atoms with E-state index in [1.54, 1.807) is 0 Å². The van der Waals surface area contributed by atoms with E-state index in [1.807, 2.05) is 6.08 Å². The molecule has 51 heavy (non-hydrogen) atoms. The molecule has 0 aromatic rings. The number of carbonyl (C=O) groups is 2. The van der Waals surface area contributed by atoms with Crippen molar-refractivity contribution in [1.82, 2.24) is 5.32 Å². The molecule has 3 N–H and O–H groups in total. The molecule has 2 unspecified atom stereocenters. The molecule has 0 rings (SSSR count). The summed E-state index contributed by atoms with van der Waals surface area (Å²) in [4.78, 5) is 24.2. The van der Waals surface area contributed by atoms with Crippen LogP contribution < -0.4 is 5.32 Å². The summed E-state index contributed by atoms with van der Waals surface area (Å²) < 4.78 is 5.41. The normalized spacial score (nSPS) is 13.1. The second-order valence-electron chi connectivity index (χ2n) is 14.7. The zero-order chi connectivity index (χ0) is 37.3. The molecule has 0 aliphatic carbocycles. The van der Waals surface area contributed by atoms with Gasteiger partial charge < -0.3 is 20.3 Å². The molecule has 298 valence electrons. The fourth-order valence-electron chi connectivity index (χ4n) is 6.25. The first-order valence-electron chi connectivity index (χ1n) is 21.7. The summed E-state index contributed by atoms with van der Waals surface area (Å²) in [7, 11) is 0. The lowest BCUT2D eigenvalue weighted by Gasteiger charge is -2.22. The SMILES string of the molecule is CCCC/C=C\CCCCCCCC(=O)OCCCCCCCC/C=C\C/C=C\CCC(=O)NC(CO)C(O)CCCCCCCCCCCC. The summed E-state index contributed by atoms with van der Waals surface area (Å²) in [5, 5.41) is 23.0. The molecule has 0 radical (unpaired) electrons. The minimum absolute atomic E-state index is 0.0295. The Bertz CT molecular complexity index is 838. The number of aliphatic hydroxyl groups is 2. The molecule has 2 atom stereocenters. The van der Waals surface area contributed by atoms with Crippen molar-refractivity contribution >= 4 is 11.9 Å². The Morgan fingerprint density at radius 3 is 1.61 bits per heavy atom. The van der Waals surface area contributed by atoms with Gasteiger partial charge in [-0.05, 0) is 64.2 Å². The Labute approximate surface area is 315 Å². The fourth-order valence-corrected chi connectivity index (χ4v) is 6.25. The number of ether oxygens (including phenoxy) is 1. The molecule has 0 saturated heterocycles. The van der Waals surface area contributed by atoms with E-state index in [0.29, 0.717) is 32.3 Å². The van der Waals surface area contributed by atoms with E-state index >= 15 is 0 Å². The highest BCUT2D eigenvalue weighted by Gasteiger charge is 2.19. The van der Waals surface area contributed by atoms with E-state index in [1.165, 1.54) is 122 Å². The molecule has 6 heteroatoms. The number of carbonyl (C=O) groups excluding carboxylic acids is 2. The van der Waals surface area contributed by atoms with Gasteiger partial charge >= 0.3 is 5.97 Å². The lowest BCUT2D eigenvalue weighted by molar-refractivity contribution is -0.143. The van der Waals surface area contributed by atoms with Crippen LogP contribution in [-0.2, 0) is 14.3 Å². The van der Waals surface area contributed by atoms with Gasteiger partial charge in [0.2, 0.25) is 5.91 Å². The van der Waals surface area contributed by atoms with Crippen LogP contribution in [0, 0.1) is 0 Å². The van der Waals surface area contributed by atoms with Crippen LogP contribution in [0.3, 0.4) is 0 Å². The quantitative estimate of drug-likeness (QED) is 0.0334. The molecule has 0 aliphatic rings. The maximum atomic E-state index is 12.3. The van der Waals surface area contributed by atoms with E-state index in [4.69, 9.17) is 4.74 Å².